The molecule has 8 heteroatoms. The molecule has 0 saturated heterocycles. The van der Waals surface area contributed by atoms with E-state index in [2.05, 4.69) is 6.92 Å². The lowest BCUT2D eigenvalue weighted by molar-refractivity contribution is -0.385. The maximum atomic E-state index is 13.0. The van der Waals surface area contributed by atoms with Crippen molar-refractivity contribution in [2.45, 2.75) is 44.9 Å². The Labute approximate surface area is 238 Å². The van der Waals surface area contributed by atoms with E-state index in [9.17, 15) is 29.8 Å². The van der Waals surface area contributed by atoms with Crippen molar-refractivity contribution in [1.82, 2.24) is 0 Å². The van der Waals surface area contributed by atoms with E-state index in [0.29, 0.717) is 22.3 Å². The van der Waals surface area contributed by atoms with E-state index in [1.807, 2.05) is 24.3 Å². The largest absolute Gasteiger partial charge is 0.289 e. The summed E-state index contributed by atoms with van der Waals surface area (Å²) >= 11 is 0. The minimum absolute atomic E-state index is 0.0664. The molecule has 0 aromatic heterocycles. The molecule has 4 aromatic carbocycles. The van der Waals surface area contributed by atoms with Crippen LogP contribution >= 0.6 is 0 Å². The molecular formula is C33H30N2O6. The smallest absolute Gasteiger partial charge is 0.269 e. The van der Waals surface area contributed by atoms with E-state index in [1.165, 1.54) is 48.5 Å². The Morgan fingerprint density at radius 3 is 1.22 bits per heavy atom. The van der Waals surface area contributed by atoms with Gasteiger partial charge in [-0.2, -0.15) is 0 Å². The Balaban J connectivity index is 1.54. The fraction of sp³-hybridized carbons (Fsp3) is 0.212. The molecule has 41 heavy (non-hydrogen) atoms. The minimum atomic E-state index is -0.498. The first-order valence-corrected chi connectivity index (χ1v) is 13.6. The summed E-state index contributed by atoms with van der Waals surface area (Å²) in [5, 5.41) is 21.8. The molecule has 0 aliphatic carbocycles. The summed E-state index contributed by atoms with van der Waals surface area (Å²) in [6.45, 7) is 2.17. The number of unbranched alkanes of at least 4 members (excludes halogenated alkanes) is 3. The van der Waals surface area contributed by atoms with Crippen molar-refractivity contribution in [2.75, 3.05) is 0 Å². The Morgan fingerprint density at radius 1 is 0.561 bits per heavy atom. The standard InChI is InChI=1S/C33H30N2O6/c1-2-3-4-5-6-31(23-7-11-25(12-8-23)32(36)27-15-19-29(20-16-27)34(38)39)24-9-13-26(14-10-24)33(37)28-17-21-30(22-18-28)35(40)41/h7-22,31H,2-6H2,1H3. The van der Waals surface area contributed by atoms with Crippen LogP contribution in [0.25, 0.3) is 0 Å². The van der Waals surface area contributed by atoms with Crippen LogP contribution < -0.4 is 0 Å². The fourth-order valence-electron chi connectivity index (χ4n) is 4.84. The van der Waals surface area contributed by atoms with E-state index in [4.69, 9.17) is 0 Å². The van der Waals surface area contributed by atoms with Gasteiger partial charge in [-0.05, 0) is 41.8 Å². The highest BCUT2D eigenvalue weighted by atomic mass is 16.6. The minimum Gasteiger partial charge on any atom is -0.289 e. The van der Waals surface area contributed by atoms with Gasteiger partial charge in [0.2, 0.25) is 0 Å². The number of hydrogen-bond donors (Lipinski definition) is 0. The zero-order valence-corrected chi connectivity index (χ0v) is 22.7. The maximum absolute atomic E-state index is 13.0. The monoisotopic (exact) mass is 550 g/mol. The first kappa shape index (κ1) is 29.0. The second-order valence-electron chi connectivity index (χ2n) is 9.91. The summed E-state index contributed by atoms with van der Waals surface area (Å²) in [7, 11) is 0. The summed E-state index contributed by atoms with van der Waals surface area (Å²) in [5.41, 5.74) is 3.73. The van der Waals surface area contributed by atoms with E-state index in [-0.39, 0.29) is 28.9 Å². The van der Waals surface area contributed by atoms with Crippen LogP contribution in [0.2, 0.25) is 0 Å². The van der Waals surface area contributed by atoms with Crippen molar-refractivity contribution in [3.8, 4) is 0 Å². The molecular weight excluding hydrogens is 520 g/mol. The molecule has 8 nitrogen and oxygen atoms in total. The average Bonchev–Trinajstić information content (AvgIpc) is 3.01. The first-order chi connectivity index (χ1) is 19.8. The number of ketones is 2. The lowest BCUT2D eigenvalue weighted by Crippen LogP contribution is -2.06. The normalized spacial score (nSPS) is 10.9. The lowest BCUT2D eigenvalue weighted by atomic mass is 9.85. The number of nitro benzene ring substituents is 2. The third-order valence-corrected chi connectivity index (χ3v) is 7.18. The van der Waals surface area contributed by atoms with E-state index >= 15 is 0 Å². The van der Waals surface area contributed by atoms with Gasteiger partial charge < -0.3 is 0 Å². The number of benzene rings is 4. The van der Waals surface area contributed by atoms with Crippen molar-refractivity contribution < 1.29 is 19.4 Å². The molecule has 0 bridgehead atoms. The molecule has 0 amide bonds. The van der Waals surface area contributed by atoms with Crippen molar-refractivity contribution in [3.05, 3.63) is 151 Å². The summed E-state index contributed by atoms with van der Waals surface area (Å²) in [6.07, 6.45) is 5.33. The highest BCUT2D eigenvalue weighted by Gasteiger charge is 2.18. The van der Waals surface area contributed by atoms with Gasteiger partial charge in [-0.15, -0.1) is 0 Å². The van der Waals surface area contributed by atoms with Gasteiger partial charge in [-0.25, -0.2) is 0 Å². The Hall–Kier alpha value is -4.98. The van der Waals surface area contributed by atoms with Crippen LogP contribution in [-0.4, -0.2) is 21.4 Å². The molecule has 0 atom stereocenters. The number of non-ortho nitro benzene ring substituents is 2. The molecule has 0 heterocycles. The number of carbonyl (C=O) groups excluding carboxylic acids is 2. The molecule has 0 fully saturated rings. The third kappa shape index (κ3) is 7.16. The summed E-state index contributed by atoms with van der Waals surface area (Å²) < 4.78 is 0. The van der Waals surface area contributed by atoms with Gasteiger partial charge in [0.15, 0.2) is 11.6 Å². The van der Waals surface area contributed by atoms with Crippen LogP contribution in [0.1, 0.15) is 87.9 Å². The van der Waals surface area contributed by atoms with Crippen molar-refractivity contribution in [3.63, 3.8) is 0 Å². The fourth-order valence-corrected chi connectivity index (χ4v) is 4.84. The number of hydrogen-bond acceptors (Lipinski definition) is 6. The number of rotatable bonds is 13. The van der Waals surface area contributed by atoms with Crippen LogP contribution in [-0.2, 0) is 0 Å². The van der Waals surface area contributed by atoms with Crippen molar-refractivity contribution >= 4 is 22.9 Å². The van der Waals surface area contributed by atoms with Crippen molar-refractivity contribution in [1.29, 1.82) is 0 Å². The number of nitro groups is 2. The maximum Gasteiger partial charge on any atom is 0.269 e. The van der Waals surface area contributed by atoms with Crippen LogP contribution in [0, 0.1) is 20.2 Å². The molecule has 4 rings (SSSR count). The quantitative estimate of drug-likeness (QED) is 0.0718. The third-order valence-electron chi connectivity index (χ3n) is 7.18. The SMILES string of the molecule is CCCCCCC(c1ccc(C(=O)c2ccc([N+](=O)[O-])cc2)cc1)c1ccc(C(=O)c2ccc([N+](=O)[O-])cc2)cc1. The summed E-state index contributed by atoms with van der Waals surface area (Å²) in [5.74, 6) is -0.348. The van der Waals surface area contributed by atoms with Gasteiger partial charge in [0.1, 0.15) is 0 Å². The summed E-state index contributed by atoms with van der Waals surface area (Å²) in [6, 6.07) is 26.0. The molecule has 0 N–H and O–H groups in total. The molecule has 0 aliphatic rings. The average molecular weight is 551 g/mol. The van der Waals surface area contributed by atoms with Crippen molar-refractivity contribution in [2.24, 2.45) is 0 Å². The van der Waals surface area contributed by atoms with Crippen LogP contribution in [0.5, 0.6) is 0 Å². The van der Waals surface area contributed by atoms with E-state index < -0.39 is 9.85 Å². The van der Waals surface area contributed by atoms with Gasteiger partial charge >= 0.3 is 0 Å². The van der Waals surface area contributed by atoms with Crippen LogP contribution in [0.3, 0.4) is 0 Å². The lowest BCUT2D eigenvalue weighted by Gasteiger charge is -2.19. The predicted octanol–water partition coefficient (Wildman–Crippen LogP) is 8.07. The second-order valence-corrected chi connectivity index (χ2v) is 9.91. The highest BCUT2D eigenvalue weighted by molar-refractivity contribution is 6.09. The molecule has 208 valence electrons. The van der Waals surface area contributed by atoms with Gasteiger partial charge in [-0.3, -0.25) is 29.8 Å². The Morgan fingerprint density at radius 2 is 0.902 bits per heavy atom. The molecule has 0 spiro atoms. The highest BCUT2D eigenvalue weighted by Crippen LogP contribution is 2.31. The van der Waals surface area contributed by atoms with Gasteiger partial charge in [0.05, 0.1) is 9.85 Å². The Kier molecular flexibility index (Phi) is 9.47. The van der Waals surface area contributed by atoms with Gasteiger partial charge in [0, 0.05) is 52.4 Å². The predicted molar refractivity (Wildman–Crippen MR) is 157 cm³/mol. The number of carbonyl (C=O) groups is 2. The zero-order chi connectivity index (χ0) is 29.4. The molecule has 0 unspecified atom stereocenters. The summed E-state index contributed by atoms with van der Waals surface area (Å²) in [4.78, 5) is 46.7. The second kappa shape index (κ2) is 13.4. The zero-order valence-electron chi connectivity index (χ0n) is 22.7. The van der Waals surface area contributed by atoms with Crippen LogP contribution in [0.4, 0.5) is 11.4 Å². The molecule has 0 radical (unpaired) electrons. The van der Waals surface area contributed by atoms with E-state index in [1.54, 1.807) is 24.3 Å². The van der Waals surface area contributed by atoms with Gasteiger partial charge in [-0.1, -0.05) is 81.1 Å². The van der Waals surface area contributed by atoms with E-state index in [0.717, 1.165) is 43.2 Å². The topological polar surface area (TPSA) is 120 Å². The molecule has 0 saturated carbocycles. The van der Waals surface area contributed by atoms with Crippen LogP contribution in [0.15, 0.2) is 97.1 Å². The molecule has 0 aliphatic heterocycles. The van der Waals surface area contributed by atoms with Gasteiger partial charge in [0.25, 0.3) is 11.4 Å². The first-order valence-electron chi connectivity index (χ1n) is 13.6. The Bertz CT molecular complexity index is 1410. The molecule has 4 aromatic rings. The number of nitrogens with zero attached hydrogens (tertiary/aromatic N) is 2.